The highest BCUT2D eigenvalue weighted by molar-refractivity contribution is 5.68. The lowest BCUT2D eigenvalue weighted by molar-refractivity contribution is 0.627. The highest BCUT2D eigenvalue weighted by Gasteiger charge is 2.06. The summed E-state index contributed by atoms with van der Waals surface area (Å²) < 4.78 is 12.8. The number of hydrogen-bond acceptors (Lipinski definition) is 2. The van der Waals surface area contributed by atoms with Crippen LogP contribution in [-0.4, -0.2) is 7.05 Å². The number of nitrogens with two attached hydrogens (primary N) is 1. The molecule has 0 bridgehead atoms. The first kappa shape index (κ1) is 12.4. The molecule has 0 heterocycles. The molecule has 0 saturated heterocycles. The fourth-order valence-electron chi connectivity index (χ4n) is 1.93. The molecule has 0 fully saturated rings. The monoisotopic (exact) mass is 244 g/mol. The van der Waals surface area contributed by atoms with E-state index < -0.39 is 0 Å². The van der Waals surface area contributed by atoms with Crippen molar-refractivity contribution < 1.29 is 4.39 Å². The molecule has 0 aliphatic heterocycles. The van der Waals surface area contributed by atoms with Crippen LogP contribution in [0.3, 0.4) is 0 Å². The third-order valence-electron chi connectivity index (χ3n) is 2.93. The number of halogens is 1. The Labute approximate surface area is 107 Å². The number of rotatable bonds is 3. The number of aryl methyl sites for hydroxylation is 1. The summed E-state index contributed by atoms with van der Waals surface area (Å²) in [4.78, 5) is 2.07. The molecule has 0 atom stereocenters. The van der Waals surface area contributed by atoms with Crippen molar-refractivity contribution in [1.29, 1.82) is 0 Å². The van der Waals surface area contributed by atoms with Crippen LogP contribution >= 0.6 is 0 Å². The van der Waals surface area contributed by atoms with Crippen molar-refractivity contribution in [3.63, 3.8) is 0 Å². The first-order valence-electron chi connectivity index (χ1n) is 5.88. The van der Waals surface area contributed by atoms with Crippen LogP contribution in [0, 0.1) is 12.7 Å². The van der Waals surface area contributed by atoms with E-state index in [1.54, 1.807) is 12.1 Å². The first-order chi connectivity index (χ1) is 8.56. The minimum absolute atomic E-state index is 0.212. The Morgan fingerprint density at radius 2 is 1.78 bits per heavy atom. The van der Waals surface area contributed by atoms with Gasteiger partial charge in [-0.2, -0.15) is 0 Å². The van der Waals surface area contributed by atoms with Crippen molar-refractivity contribution in [1.82, 2.24) is 0 Å². The molecule has 0 unspecified atom stereocenters. The van der Waals surface area contributed by atoms with Crippen molar-refractivity contribution in [2.75, 3.05) is 17.7 Å². The first-order valence-corrected chi connectivity index (χ1v) is 5.88. The molecule has 0 aromatic heterocycles. The average Bonchev–Trinajstić information content (AvgIpc) is 2.35. The van der Waals surface area contributed by atoms with Gasteiger partial charge in [0.2, 0.25) is 0 Å². The van der Waals surface area contributed by atoms with Gasteiger partial charge < -0.3 is 10.6 Å². The molecule has 2 nitrogen and oxygen atoms in total. The molecule has 2 aromatic rings. The predicted molar refractivity (Wildman–Crippen MR) is 74.1 cm³/mol. The summed E-state index contributed by atoms with van der Waals surface area (Å²) in [6.07, 6.45) is 0. The Morgan fingerprint density at radius 3 is 2.44 bits per heavy atom. The van der Waals surface area contributed by atoms with Gasteiger partial charge >= 0.3 is 0 Å². The van der Waals surface area contributed by atoms with Crippen LogP contribution < -0.4 is 10.6 Å². The molecule has 0 amide bonds. The standard InChI is InChI=1S/C15H17FN2/c1-11-3-8-14(17)15(9-11)18(2)10-12-4-6-13(16)7-5-12/h3-9H,10,17H2,1-2H3. The molecule has 0 radical (unpaired) electrons. The number of anilines is 2. The topological polar surface area (TPSA) is 29.3 Å². The van der Waals surface area contributed by atoms with Gasteiger partial charge in [-0.3, -0.25) is 0 Å². The lowest BCUT2D eigenvalue weighted by Gasteiger charge is -2.21. The third kappa shape index (κ3) is 2.80. The second-order valence-electron chi connectivity index (χ2n) is 4.54. The predicted octanol–water partition coefficient (Wildman–Crippen LogP) is 3.35. The lowest BCUT2D eigenvalue weighted by atomic mass is 10.1. The maximum Gasteiger partial charge on any atom is 0.123 e. The normalized spacial score (nSPS) is 10.4. The van der Waals surface area contributed by atoms with E-state index in [1.807, 2.05) is 26.1 Å². The molecule has 2 rings (SSSR count). The van der Waals surface area contributed by atoms with Crippen molar-refractivity contribution in [2.45, 2.75) is 13.5 Å². The lowest BCUT2D eigenvalue weighted by Crippen LogP contribution is -2.17. The average molecular weight is 244 g/mol. The molecular weight excluding hydrogens is 227 g/mol. The molecule has 0 saturated carbocycles. The van der Waals surface area contributed by atoms with E-state index in [1.165, 1.54) is 17.7 Å². The zero-order valence-electron chi connectivity index (χ0n) is 10.7. The Bertz CT molecular complexity index is 535. The minimum atomic E-state index is -0.212. The van der Waals surface area contributed by atoms with Crippen LogP contribution in [0.5, 0.6) is 0 Å². The molecule has 94 valence electrons. The molecular formula is C15H17FN2. The summed E-state index contributed by atoms with van der Waals surface area (Å²) in [7, 11) is 1.98. The van der Waals surface area contributed by atoms with Gasteiger partial charge in [-0.1, -0.05) is 18.2 Å². The van der Waals surface area contributed by atoms with E-state index in [2.05, 4.69) is 11.0 Å². The van der Waals surface area contributed by atoms with Gasteiger partial charge in [0.05, 0.1) is 11.4 Å². The SMILES string of the molecule is Cc1ccc(N)c(N(C)Cc2ccc(F)cc2)c1. The zero-order valence-corrected chi connectivity index (χ0v) is 10.7. The number of benzene rings is 2. The molecule has 18 heavy (non-hydrogen) atoms. The van der Waals surface area contributed by atoms with Gasteiger partial charge in [0.1, 0.15) is 5.82 Å². The zero-order chi connectivity index (χ0) is 13.1. The van der Waals surface area contributed by atoms with Gasteiger partial charge in [-0.15, -0.1) is 0 Å². The van der Waals surface area contributed by atoms with E-state index in [4.69, 9.17) is 5.73 Å². The largest absolute Gasteiger partial charge is 0.397 e. The quantitative estimate of drug-likeness (QED) is 0.839. The molecule has 2 aromatic carbocycles. The summed E-state index contributed by atoms with van der Waals surface area (Å²) in [5, 5.41) is 0. The van der Waals surface area contributed by atoms with Gasteiger partial charge in [-0.05, 0) is 42.3 Å². The van der Waals surface area contributed by atoms with Gasteiger partial charge in [0, 0.05) is 13.6 Å². The third-order valence-corrected chi connectivity index (χ3v) is 2.93. The maximum atomic E-state index is 12.8. The Hall–Kier alpha value is -2.03. The Kier molecular flexibility index (Phi) is 3.51. The van der Waals surface area contributed by atoms with Crippen molar-refractivity contribution in [3.8, 4) is 0 Å². The highest BCUT2D eigenvalue weighted by atomic mass is 19.1. The molecule has 3 heteroatoms. The molecule has 0 aliphatic rings. The highest BCUT2D eigenvalue weighted by Crippen LogP contribution is 2.24. The minimum Gasteiger partial charge on any atom is -0.397 e. The van der Waals surface area contributed by atoms with E-state index >= 15 is 0 Å². The summed E-state index contributed by atoms with van der Waals surface area (Å²) >= 11 is 0. The maximum absolute atomic E-state index is 12.8. The smallest absolute Gasteiger partial charge is 0.123 e. The number of nitrogen functional groups attached to an aromatic ring is 1. The summed E-state index contributed by atoms with van der Waals surface area (Å²) in [5.41, 5.74) is 9.95. The fraction of sp³-hybridized carbons (Fsp3) is 0.200. The van der Waals surface area contributed by atoms with E-state index in [0.29, 0.717) is 6.54 Å². The number of nitrogens with zero attached hydrogens (tertiary/aromatic N) is 1. The van der Waals surface area contributed by atoms with E-state index in [0.717, 1.165) is 16.9 Å². The molecule has 2 N–H and O–H groups in total. The second-order valence-corrected chi connectivity index (χ2v) is 4.54. The van der Waals surface area contributed by atoms with E-state index in [-0.39, 0.29) is 5.82 Å². The van der Waals surface area contributed by atoms with Gasteiger partial charge in [-0.25, -0.2) is 4.39 Å². The van der Waals surface area contributed by atoms with Crippen LogP contribution in [0.2, 0.25) is 0 Å². The molecule has 0 aliphatic carbocycles. The van der Waals surface area contributed by atoms with Crippen molar-refractivity contribution in [3.05, 3.63) is 59.4 Å². The summed E-state index contributed by atoms with van der Waals surface area (Å²) in [5.74, 6) is -0.212. The van der Waals surface area contributed by atoms with Gasteiger partial charge in [0.25, 0.3) is 0 Å². The fourth-order valence-corrected chi connectivity index (χ4v) is 1.93. The van der Waals surface area contributed by atoms with Crippen LogP contribution in [0.25, 0.3) is 0 Å². The summed E-state index contributed by atoms with van der Waals surface area (Å²) in [6, 6.07) is 12.5. The van der Waals surface area contributed by atoms with Gasteiger partial charge in [0.15, 0.2) is 0 Å². The van der Waals surface area contributed by atoms with Crippen LogP contribution in [0.4, 0.5) is 15.8 Å². The second kappa shape index (κ2) is 5.08. The van der Waals surface area contributed by atoms with Crippen LogP contribution in [0.15, 0.2) is 42.5 Å². The summed E-state index contributed by atoms with van der Waals surface area (Å²) in [6.45, 7) is 2.74. The van der Waals surface area contributed by atoms with Crippen LogP contribution in [0.1, 0.15) is 11.1 Å². The van der Waals surface area contributed by atoms with E-state index in [9.17, 15) is 4.39 Å². The Morgan fingerprint density at radius 1 is 1.11 bits per heavy atom. The number of hydrogen-bond donors (Lipinski definition) is 1. The molecule has 0 spiro atoms. The van der Waals surface area contributed by atoms with Crippen molar-refractivity contribution in [2.24, 2.45) is 0 Å². The Balaban J connectivity index is 2.18. The van der Waals surface area contributed by atoms with Crippen molar-refractivity contribution >= 4 is 11.4 Å². The van der Waals surface area contributed by atoms with Crippen LogP contribution in [-0.2, 0) is 6.54 Å².